The molecule has 14 nitrogen and oxygen atoms in total. The molecule has 14 heteroatoms. The number of aliphatic carboxylic acids is 1. The van der Waals surface area contributed by atoms with E-state index < -0.39 is 17.7 Å². The molecule has 31 heavy (non-hydrogen) atoms. The first-order chi connectivity index (χ1) is 14.9. The molecule has 0 aliphatic heterocycles. The van der Waals surface area contributed by atoms with Crippen molar-refractivity contribution in [2.75, 3.05) is 18.1 Å². The molecule has 0 spiro atoms. The highest BCUT2D eigenvalue weighted by Gasteiger charge is 2.49. The number of ether oxygens (including phenoxy) is 1. The number of hydrogen-bond donors (Lipinski definition) is 6. The Hall–Kier alpha value is -3.52. The third-order valence-corrected chi connectivity index (χ3v) is 4.48. The SMILES string of the molecule is CCCCCOC(=O)N(c1ncc2[nH]cnc2n1)[C@@](CCCN=C(N)N)(NN)C(=O)O. The molecule has 0 unspecified atom stereocenters. The van der Waals surface area contributed by atoms with Crippen molar-refractivity contribution in [1.82, 2.24) is 25.4 Å². The minimum atomic E-state index is -2.12. The first-order valence-corrected chi connectivity index (χ1v) is 9.75. The molecular weight excluding hydrogens is 408 g/mol. The van der Waals surface area contributed by atoms with Gasteiger partial charge in [-0.3, -0.25) is 10.8 Å². The van der Waals surface area contributed by atoms with E-state index in [1.165, 1.54) is 12.5 Å². The molecule has 0 fully saturated rings. The Labute approximate surface area is 178 Å². The van der Waals surface area contributed by atoms with Gasteiger partial charge < -0.3 is 26.3 Å². The molecule has 0 bridgehead atoms. The standard InChI is InChI=1S/C17H28N10O4/c1-2-3-4-8-31-16(30)27(15-22-9-11-12(25-15)24-10-23-11)17(26-20,13(28)29)6-5-7-21-14(18)19/h9-10,26H,2-8,20H2,1H3,(H,28,29)(H4,18,19,21)(H,22,23,24,25)/t17-/m1/s1. The number of anilines is 1. The van der Waals surface area contributed by atoms with Crippen LogP contribution in [0.25, 0.3) is 11.2 Å². The number of carbonyl (C=O) groups excluding carboxylic acids is 1. The number of aromatic nitrogens is 4. The van der Waals surface area contributed by atoms with Crippen LogP contribution in [0.4, 0.5) is 10.7 Å². The van der Waals surface area contributed by atoms with Crippen molar-refractivity contribution in [3.05, 3.63) is 12.5 Å². The largest absolute Gasteiger partial charge is 0.478 e. The predicted molar refractivity (Wildman–Crippen MR) is 113 cm³/mol. The smallest absolute Gasteiger partial charge is 0.418 e. The quantitative estimate of drug-likeness (QED) is 0.0637. The Balaban J connectivity index is 2.43. The Morgan fingerprint density at radius 3 is 2.74 bits per heavy atom. The molecule has 0 saturated carbocycles. The van der Waals surface area contributed by atoms with Crippen LogP contribution in [0.5, 0.6) is 0 Å². The lowest BCUT2D eigenvalue weighted by molar-refractivity contribution is -0.145. The number of rotatable bonds is 12. The summed E-state index contributed by atoms with van der Waals surface area (Å²) in [4.78, 5) is 45.1. The van der Waals surface area contributed by atoms with Gasteiger partial charge in [-0.25, -0.2) is 29.9 Å². The maximum atomic E-state index is 13.0. The van der Waals surface area contributed by atoms with Crippen molar-refractivity contribution in [3.8, 4) is 0 Å². The van der Waals surface area contributed by atoms with Crippen molar-refractivity contribution in [1.29, 1.82) is 0 Å². The number of nitrogens with zero attached hydrogens (tertiary/aromatic N) is 5. The van der Waals surface area contributed by atoms with E-state index in [0.717, 1.165) is 17.7 Å². The van der Waals surface area contributed by atoms with Gasteiger partial charge in [0.25, 0.3) is 0 Å². The summed E-state index contributed by atoms with van der Waals surface area (Å²) in [5.41, 5.74) is 11.5. The number of carboxylic acids is 1. The molecule has 2 aromatic rings. The number of nitrogens with two attached hydrogens (primary N) is 3. The molecule has 0 aromatic carbocycles. The van der Waals surface area contributed by atoms with Gasteiger partial charge in [0.15, 0.2) is 11.6 Å². The lowest BCUT2D eigenvalue weighted by atomic mass is 10.0. The summed E-state index contributed by atoms with van der Waals surface area (Å²) in [5.74, 6) is 3.85. The van der Waals surface area contributed by atoms with Crippen LogP contribution in [0, 0.1) is 0 Å². The van der Waals surface area contributed by atoms with E-state index in [1.54, 1.807) is 0 Å². The van der Waals surface area contributed by atoms with E-state index >= 15 is 0 Å². The molecule has 0 aliphatic rings. The highest BCUT2D eigenvalue weighted by Crippen LogP contribution is 2.26. The van der Waals surface area contributed by atoms with Crippen molar-refractivity contribution in [2.24, 2.45) is 22.3 Å². The molecule has 170 valence electrons. The second kappa shape index (κ2) is 11.0. The molecule has 2 aromatic heterocycles. The van der Waals surface area contributed by atoms with Gasteiger partial charge in [0, 0.05) is 6.54 Å². The molecule has 0 saturated heterocycles. The van der Waals surface area contributed by atoms with Gasteiger partial charge in [-0.1, -0.05) is 19.8 Å². The fourth-order valence-corrected chi connectivity index (χ4v) is 2.87. The number of carbonyl (C=O) groups is 2. The Bertz CT molecular complexity index is 913. The van der Waals surface area contributed by atoms with Crippen LogP contribution in [0.1, 0.15) is 39.0 Å². The molecule has 0 aliphatic carbocycles. The third kappa shape index (κ3) is 5.76. The second-order valence-corrected chi connectivity index (χ2v) is 6.69. The predicted octanol–water partition coefficient (Wildman–Crippen LogP) is -0.216. The Kier molecular flexibility index (Phi) is 8.45. The summed E-state index contributed by atoms with van der Waals surface area (Å²) in [6, 6.07) is 0. The number of aromatic amines is 1. The summed E-state index contributed by atoms with van der Waals surface area (Å²) in [7, 11) is 0. The molecule has 1 amide bonds. The normalized spacial score (nSPS) is 12.8. The van der Waals surface area contributed by atoms with Gasteiger partial charge in [0.2, 0.25) is 11.6 Å². The second-order valence-electron chi connectivity index (χ2n) is 6.69. The number of carboxylic acid groups (broad SMARTS) is 1. The summed E-state index contributed by atoms with van der Waals surface area (Å²) in [6.07, 6.45) is 4.22. The summed E-state index contributed by atoms with van der Waals surface area (Å²) < 4.78 is 5.31. The number of unbranched alkanes of at least 4 members (excludes halogenated alkanes) is 2. The van der Waals surface area contributed by atoms with Crippen LogP contribution in [0.2, 0.25) is 0 Å². The van der Waals surface area contributed by atoms with Gasteiger partial charge in [0.1, 0.15) is 5.52 Å². The molecular formula is C17H28N10O4. The number of aliphatic imine (C=N–C) groups is 1. The zero-order chi connectivity index (χ0) is 22.9. The van der Waals surface area contributed by atoms with Crippen LogP contribution < -0.4 is 27.6 Å². The lowest BCUT2D eigenvalue weighted by Crippen LogP contribution is -2.68. The Morgan fingerprint density at radius 2 is 2.10 bits per heavy atom. The molecule has 2 rings (SSSR count). The molecule has 9 N–H and O–H groups in total. The van der Waals surface area contributed by atoms with Crippen LogP contribution in [0.3, 0.4) is 0 Å². The highest BCUT2D eigenvalue weighted by atomic mass is 16.6. The monoisotopic (exact) mass is 436 g/mol. The fourth-order valence-electron chi connectivity index (χ4n) is 2.87. The molecule has 0 radical (unpaired) electrons. The maximum absolute atomic E-state index is 13.0. The lowest BCUT2D eigenvalue weighted by Gasteiger charge is -2.37. The van der Waals surface area contributed by atoms with E-state index in [2.05, 4.69) is 30.4 Å². The number of amides is 1. The Morgan fingerprint density at radius 1 is 1.32 bits per heavy atom. The molecule has 1 atom stereocenters. The first-order valence-electron chi connectivity index (χ1n) is 9.75. The van der Waals surface area contributed by atoms with Crippen LogP contribution in [-0.2, 0) is 9.53 Å². The zero-order valence-electron chi connectivity index (χ0n) is 17.2. The van der Waals surface area contributed by atoms with E-state index in [4.69, 9.17) is 22.0 Å². The number of H-pyrrole nitrogens is 1. The topological polar surface area (TPSA) is 224 Å². The van der Waals surface area contributed by atoms with Crippen LogP contribution >= 0.6 is 0 Å². The summed E-state index contributed by atoms with van der Waals surface area (Å²) >= 11 is 0. The van der Waals surface area contributed by atoms with Crippen molar-refractivity contribution in [3.63, 3.8) is 0 Å². The van der Waals surface area contributed by atoms with E-state index in [9.17, 15) is 14.7 Å². The average molecular weight is 436 g/mol. The average Bonchev–Trinajstić information content (AvgIpc) is 3.20. The van der Waals surface area contributed by atoms with Gasteiger partial charge in [-0.2, -0.15) is 4.98 Å². The fraction of sp³-hybridized carbons (Fsp3) is 0.529. The highest BCUT2D eigenvalue weighted by molar-refractivity contribution is 5.96. The zero-order valence-corrected chi connectivity index (χ0v) is 17.2. The summed E-state index contributed by atoms with van der Waals surface area (Å²) in [6.45, 7) is 2.23. The maximum Gasteiger partial charge on any atom is 0.418 e. The summed E-state index contributed by atoms with van der Waals surface area (Å²) in [5, 5.41) is 10.0. The van der Waals surface area contributed by atoms with Gasteiger partial charge in [-0.15, -0.1) is 0 Å². The van der Waals surface area contributed by atoms with E-state index in [0.29, 0.717) is 11.9 Å². The van der Waals surface area contributed by atoms with Crippen molar-refractivity contribution < 1.29 is 19.4 Å². The van der Waals surface area contributed by atoms with Gasteiger partial charge >= 0.3 is 12.1 Å². The number of hydrogen-bond acceptors (Lipinski definition) is 9. The minimum Gasteiger partial charge on any atom is -0.478 e. The number of nitrogens with one attached hydrogen (secondary N) is 2. The first kappa shape index (κ1) is 23.8. The number of imidazole rings is 1. The number of fused-ring (bicyclic) bond motifs is 1. The van der Waals surface area contributed by atoms with Crippen LogP contribution in [0.15, 0.2) is 17.5 Å². The van der Waals surface area contributed by atoms with Crippen molar-refractivity contribution >= 4 is 35.1 Å². The van der Waals surface area contributed by atoms with Gasteiger partial charge in [0.05, 0.1) is 19.1 Å². The van der Waals surface area contributed by atoms with Gasteiger partial charge in [-0.05, 0) is 19.3 Å². The van der Waals surface area contributed by atoms with Crippen LogP contribution in [-0.4, -0.2) is 61.9 Å². The number of hydrazine groups is 1. The minimum absolute atomic E-state index is 0.0993. The van der Waals surface area contributed by atoms with Crippen molar-refractivity contribution in [2.45, 2.75) is 44.7 Å². The number of guanidine groups is 1. The van der Waals surface area contributed by atoms with E-state index in [1.807, 2.05) is 6.92 Å². The molecule has 2 heterocycles. The van der Waals surface area contributed by atoms with E-state index in [-0.39, 0.29) is 43.5 Å². The third-order valence-electron chi connectivity index (χ3n) is 4.48.